The first-order valence-corrected chi connectivity index (χ1v) is 34.2. The van der Waals surface area contributed by atoms with Gasteiger partial charge in [-0.2, -0.15) is 11.8 Å². The molecule has 1 aliphatic rings. The molecule has 2 aromatic carbocycles. The van der Waals surface area contributed by atoms with Crippen molar-refractivity contribution in [3.8, 4) is 0 Å². The van der Waals surface area contributed by atoms with E-state index in [-0.39, 0.29) is 74.8 Å². The standard InChI is InChI=1S/C64H89IN16O14S/c1-8-42-58(89)79-50(24-38-28-68-44-16-12-10-14-41(38)44)61(92)75-46(56(87)69-26-35(6)82)19-20-96-31-52(81-65)64(95)72-36(7)55(86)76-49(23-37-27-67-43-15-11-9-13-40(37)43)62(93)80-51(25-39-29-66-32-71-39)63(94)77-47(21-33(2)3)57(88)70-30-53(83)73-45(17-18-54(84)85)59(90)78-48(22-34(4)5)60(91)74-42/h9-16,27-29,32-36,42,45-52,67-68,81-82H,8,17-26,30-31H2,1-7H3,(H,66,71)(H,69,87)(H,70,88)(H,72,95)(H,73,83)(H,74,91)(H,75,92)(H,76,86)(H,77,94)(H,78,90)(H,79,89)(H,80,93)(H,84,85)/t35-,36+,42?,45+,46+,47+,48+,49+,50+,51+,52+/m1/s1. The van der Waals surface area contributed by atoms with Crippen LogP contribution in [-0.2, 0) is 76.8 Å². The minimum Gasteiger partial charge on any atom is -0.481 e. The van der Waals surface area contributed by atoms with Gasteiger partial charge in [-0.25, -0.2) is 8.51 Å². The topological polar surface area (TPSA) is 450 Å². The Labute approximate surface area is 573 Å². The van der Waals surface area contributed by atoms with Crippen LogP contribution < -0.4 is 62.0 Å². The number of hydrogen-bond donors (Lipinski definition) is 17. The molecule has 0 bridgehead atoms. The van der Waals surface area contributed by atoms with Gasteiger partial charge in [0.05, 0.1) is 19.0 Å². The number of amides is 11. The van der Waals surface area contributed by atoms with Crippen LogP contribution in [0.5, 0.6) is 0 Å². The highest BCUT2D eigenvalue weighted by atomic mass is 127. The lowest BCUT2D eigenvalue weighted by Gasteiger charge is -2.27. The van der Waals surface area contributed by atoms with Crippen molar-refractivity contribution in [1.29, 1.82) is 0 Å². The second-order valence-electron chi connectivity index (χ2n) is 24.6. The Morgan fingerprint density at radius 2 is 1.11 bits per heavy atom. The number of hydrogen-bond acceptors (Lipinski definition) is 16. The molecule has 1 aliphatic heterocycles. The average Bonchev–Trinajstić information content (AvgIpc) is 1.66. The lowest BCUT2D eigenvalue weighted by Crippen LogP contribution is -2.60. The molecule has 5 aromatic rings. The molecular formula is C64H89IN16O14S. The van der Waals surface area contributed by atoms with E-state index in [1.54, 1.807) is 82.0 Å². The van der Waals surface area contributed by atoms with E-state index in [1.807, 2.05) is 36.4 Å². The number of imidazole rings is 1. The number of aliphatic carboxylic acids is 1. The summed E-state index contributed by atoms with van der Waals surface area (Å²) in [5.41, 5.74) is 3.10. The lowest BCUT2D eigenvalue weighted by atomic mass is 10.0. The fourth-order valence-corrected chi connectivity index (χ4v) is 12.5. The molecule has 6 rings (SSSR count). The predicted octanol–water partition coefficient (Wildman–Crippen LogP) is 0.209. The Balaban J connectivity index is 1.35. The monoisotopic (exact) mass is 1460 g/mol. The van der Waals surface area contributed by atoms with E-state index in [2.05, 4.69) is 82.0 Å². The van der Waals surface area contributed by atoms with E-state index < -0.39 is 157 Å². The van der Waals surface area contributed by atoms with Gasteiger partial charge in [-0.15, -0.1) is 0 Å². The number of aromatic amines is 3. The molecular weight excluding hydrogens is 1380 g/mol. The molecule has 30 nitrogen and oxygen atoms in total. The fourth-order valence-electron chi connectivity index (χ4n) is 10.6. The first-order valence-electron chi connectivity index (χ1n) is 31.9. The number of carboxylic acids is 1. The number of thioether (sulfide) groups is 1. The van der Waals surface area contributed by atoms with Crippen LogP contribution in [0.25, 0.3) is 21.8 Å². The van der Waals surface area contributed by atoms with E-state index in [9.17, 15) is 67.7 Å². The highest BCUT2D eigenvalue weighted by Crippen LogP contribution is 2.22. The van der Waals surface area contributed by atoms with E-state index >= 15 is 0 Å². The average molecular weight is 1470 g/mol. The van der Waals surface area contributed by atoms with Crippen LogP contribution in [0.15, 0.2) is 73.4 Å². The maximum absolute atomic E-state index is 14.8. The van der Waals surface area contributed by atoms with Crippen molar-refractivity contribution in [3.05, 3.63) is 90.3 Å². The number of carbonyl (C=O) groups excluding carboxylic acids is 11. The minimum absolute atomic E-state index is 0.00709. The number of nitrogens with one attached hydrogen (secondary N) is 15. The third-order valence-electron chi connectivity index (χ3n) is 15.8. The zero-order valence-corrected chi connectivity index (χ0v) is 57.6. The van der Waals surface area contributed by atoms with Crippen LogP contribution in [0, 0.1) is 11.8 Å². The third kappa shape index (κ3) is 23.6. The number of carboxylic acid groups (broad SMARTS) is 1. The number of benzene rings is 2. The van der Waals surface area contributed by atoms with Crippen LogP contribution in [0.4, 0.5) is 0 Å². The van der Waals surface area contributed by atoms with Crippen molar-refractivity contribution in [2.75, 3.05) is 24.6 Å². The van der Waals surface area contributed by atoms with Gasteiger partial charge in [0.15, 0.2) is 0 Å². The van der Waals surface area contributed by atoms with Crippen LogP contribution in [0.1, 0.15) is 104 Å². The normalized spacial score (nSPS) is 23.9. The summed E-state index contributed by atoms with van der Waals surface area (Å²) in [5.74, 6) is -10.5. The summed E-state index contributed by atoms with van der Waals surface area (Å²) in [7, 11) is 0. The number of H-pyrrole nitrogens is 3. The molecule has 17 N–H and O–H groups in total. The molecule has 4 heterocycles. The number of rotatable bonds is 18. The van der Waals surface area contributed by atoms with Crippen LogP contribution in [-0.4, -0.2) is 192 Å². The van der Waals surface area contributed by atoms with Gasteiger partial charge in [0.1, 0.15) is 60.4 Å². The maximum Gasteiger partial charge on any atom is 0.303 e. The van der Waals surface area contributed by atoms with Gasteiger partial charge in [-0.1, -0.05) is 71.0 Å². The quantitative estimate of drug-likeness (QED) is 0.0412. The lowest BCUT2D eigenvalue weighted by molar-refractivity contribution is -0.138. The number of aliphatic hydroxyl groups is 1. The van der Waals surface area contributed by atoms with E-state index in [0.29, 0.717) is 16.8 Å². The molecule has 1 saturated heterocycles. The molecule has 0 radical (unpaired) electrons. The molecule has 0 aliphatic carbocycles. The molecule has 1 fully saturated rings. The SMILES string of the molecule is CCC1NC(=O)[C@H](CC(C)C)NC(=O)[C@H](CCC(=O)O)NC(=O)CNC(=O)[C@H](CC(C)C)NC(=O)[C@H](Cc2cnc[nH]2)NC(=O)[C@H](Cc2c[nH]c3ccccc23)NC(=O)[C@H](C)NC(=O)[C@@H](NI)CSCC[C@@H](C(=O)NC[C@@H](C)O)NC(=O)[C@H](Cc2c[nH]c3ccccc23)NC1=O. The number of aromatic nitrogens is 4. The van der Waals surface area contributed by atoms with Gasteiger partial charge in [0, 0.05) is 107 Å². The predicted molar refractivity (Wildman–Crippen MR) is 366 cm³/mol. The maximum atomic E-state index is 14.8. The highest BCUT2D eigenvalue weighted by molar-refractivity contribution is 14.1. The van der Waals surface area contributed by atoms with E-state index in [4.69, 9.17) is 0 Å². The molecule has 522 valence electrons. The van der Waals surface area contributed by atoms with Gasteiger partial charge in [0.2, 0.25) is 65.0 Å². The highest BCUT2D eigenvalue weighted by Gasteiger charge is 2.36. The fraction of sp³-hybridized carbons (Fsp3) is 0.516. The number of para-hydroxylation sites is 2. The summed E-state index contributed by atoms with van der Waals surface area (Å²) < 4.78 is 2.92. The largest absolute Gasteiger partial charge is 0.481 e. The summed E-state index contributed by atoms with van der Waals surface area (Å²) in [6, 6.07) is 1.24. The Morgan fingerprint density at radius 3 is 1.65 bits per heavy atom. The number of nitrogens with zero attached hydrogens (tertiary/aromatic N) is 1. The van der Waals surface area contributed by atoms with Gasteiger partial charge < -0.3 is 83.6 Å². The summed E-state index contributed by atoms with van der Waals surface area (Å²) in [4.78, 5) is 182. The van der Waals surface area contributed by atoms with Gasteiger partial charge >= 0.3 is 5.97 Å². The number of aliphatic hydroxyl groups excluding tert-OH is 1. The second-order valence-corrected chi connectivity index (χ2v) is 26.4. The molecule has 3 aromatic heterocycles. The number of carbonyl (C=O) groups is 12. The molecule has 11 atom stereocenters. The molecule has 96 heavy (non-hydrogen) atoms. The molecule has 0 spiro atoms. The molecule has 32 heteroatoms. The van der Waals surface area contributed by atoms with Crippen molar-refractivity contribution in [2.24, 2.45) is 11.8 Å². The van der Waals surface area contributed by atoms with E-state index in [0.717, 1.165) is 21.8 Å². The van der Waals surface area contributed by atoms with Crippen molar-refractivity contribution in [1.82, 2.24) is 82.0 Å². The molecule has 0 saturated carbocycles. The Hall–Kier alpha value is -8.63. The zero-order chi connectivity index (χ0) is 70.2. The Bertz CT molecular complexity index is 3510. The summed E-state index contributed by atoms with van der Waals surface area (Å²) in [5, 5.41) is 50.6. The molecule has 11 amide bonds. The van der Waals surface area contributed by atoms with Crippen LogP contribution >= 0.6 is 34.6 Å². The van der Waals surface area contributed by atoms with Gasteiger partial charge in [-0.05, 0) is 86.8 Å². The first kappa shape index (κ1) is 76.4. The van der Waals surface area contributed by atoms with Crippen LogP contribution in [0.3, 0.4) is 0 Å². The summed E-state index contributed by atoms with van der Waals surface area (Å²) >= 11 is 3.03. The molecule has 1 unspecified atom stereocenters. The summed E-state index contributed by atoms with van der Waals surface area (Å²) in [6.07, 6.45) is 3.64. The van der Waals surface area contributed by atoms with Crippen molar-refractivity contribution < 1.29 is 67.7 Å². The third-order valence-corrected chi connectivity index (χ3v) is 17.6. The zero-order valence-electron chi connectivity index (χ0n) is 54.7. The van der Waals surface area contributed by atoms with Gasteiger partial charge in [0.25, 0.3) is 0 Å². The van der Waals surface area contributed by atoms with Gasteiger partial charge in [-0.3, -0.25) is 57.5 Å². The van der Waals surface area contributed by atoms with Crippen molar-refractivity contribution in [3.63, 3.8) is 0 Å². The summed E-state index contributed by atoms with van der Waals surface area (Å²) in [6.45, 7) is 10.6. The second kappa shape index (κ2) is 37.6. The number of halogens is 1. The Morgan fingerprint density at radius 1 is 0.615 bits per heavy atom. The smallest absolute Gasteiger partial charge is 0.303 e. The number of fused-ring (bicyclic) bond motifs is 2. The van der Waals surface area contributed by atoms with Crippen LogP contribution in [0.2, 0.25) is 0 Å². The van der Waals surface area contributed by atoms with Crippen molar-refractivity contribution >= 4 is 127 Å². The minimum atomic E-state index is -1.58. The first-order chi connectivity index (χ1) is 45.7. The van der Waals surface area contributed by atoms with E-state index in [1.165, 1.54) is 38.1 Å². The van der Waals surface area contributed by atoms with Crippen molar-refractivity contribution in [2.45, 2.75) is 173 Å². The Kier molecular flexibility index (Phi) is 29.9.